The largest absolute Gasteiger partial charge is 0.310 e. The van der Waals surface area contributed by atoms with Crippen molar-refractivity contribution >= 4 is 49.6 Å². The van der Waals surface area contributed by atoms with Crippen LogP contribution in [0, 0.1) is 0 Å². The second kappa shape index (κ2) is 11.8. The van der Waals surface area contributed by atoms with Crippen LogP contribution in [0.25, 0.3) is 60.5 Å². The first-order valence-corrected chi connectivity index (χ1v) is 16.4. The Morgan fingerprint density at radius 2 is 0.958 bits per heavy atom. The van der Waals surface area contributed by atoms with Crippen LogP contribution in [0.5, 0.6) is 0 Å². The normalized spacial score (nSPS) is 11.3. The van der Waals surface area contributed by atoms with E-state index in [0.29, 0.717) is 0 Å². The Morgan fingerprint density at radius 1 is 0.354 bits per heavy atom. The number of para-hydroxylation sites is 3. The molecule has 1 heterocycles. The zero-order chi connectivity index (χ0) is 31.9. The minimum atomic E-state index is 1.10. The molecule has 0 atom stereocenters. The first-order valence-electron chi connectivity index (χ1n) is 16.4. The van der Waals surface area contributed by atoms with Crippen LogP contribution in [0.1, 0.15) is 0 Å². The maximum absolute atomic E-state index is 2.42. The molecule has 226 valence electrons. The number of fused-ring (bicyclic) bond motifs is 4. The van der Waals surface area contributed by atoms with E-state index in [2.05, 4.69) is 204 Å². The minimum absolute atomic E-state index is 1.10. The van der Waals surface area contributed by atoms with Gasteiger partial charge in [-0.2, -0.15) is 0 Å². The summed E-state index contributed by atoms with van der Waals surface area (Å²) in [6, 6.07) is 69.9. The fourth-order valence-corrected chi connectivity index (χ4v) is 7.20. The zero-order valence-electron chi connectivity index (χ0n) is 26.4. The SMILES string of the molecule is c1ccc(-c2ccccc2N(c2cccc(-c3cccc4ccccc34)c2)c2ccc3c4ccccc4n(-c4ccccc4)c3c2)cc1. The van der Waals surface area contributed by atoms with Gasteiger partial charge in [0.05, 0.1) is 16.7 Å². The molecule has 2 heteroatoms. The van der Waals surface area contributed by atoms with Gasteiger partial charge >= 0.3 is 0 Å². The molecule has 0 aliphatic heterocycles. The van der Waals surface area contributed by atoms with Gasteiger partial charge in [0.1, 0.15) is 0 Å². The number of rotatable bonds is 6. The molecule has 9 aromatic rings. The van der Waals surface area contributed by atoms with Gasteiger partial charge in [-0.25, -0.2) is 0 Å². The third-order valence-corrected chi connectivity index (χ3v) is 9.36. The van der Waals surface area contributed by atoms with E-state index in [1.54, 1.807) is 0 Å². The predicted octanol–water partition coefficient (Wildman–Crippen LogP) is 12.7. The first kappa shape index (κ1) is 27.9. The molecular weight excluding hydrogens is 581 g/mol. The Labute approximate surface area is 280 Å². The fourth-order valence-electron chi connectivity index (χ4n) is 7.20. The summed E-state index contributed by atoms with van der Waals surface area (Å²) in [5.74, 6) is 0. The van der Waals surface area contributed by atoms with Crippen molar-refractivity contribution in [2.75, 3.05) is 4.90 Å². The summed E-state index contributed by atoms with van der Waals surface area (Å²) in [4.78, 5) is 2.42. The standard InChI is InChI=1S/C46H32N2/c1-3-15-34(16-4-1)41-24-9-11-27-44(41)47(37-22-13-19-35(31-37)40-26-14-18-33-17-7-8-23-39(33)40)38-29-30-43-42-25-10-12-28-45(42)48(46(43)32-38)36-20-5-2-6-21-36/h1-32H. The average Bonchev–Trinajstić information content (AvgIpc) is 3.49. The molecule has 0 amide bonds. The van der Waals surface area contributed by atoms with Gasteiger partial charge in [0.2, 0.25) is 0 Å². The van der Waals surface area contributed by atoms with Gasteiger partial charge in [0.15, 0.2) is 0 Å². The molecule has 9 rings (SSSR count). The lowest BCUT2D eigenvalue weighted by Crippen LogP contribution is -2.11. The summed E-state index contributed by atoms with van der Waals surface area (Å²) in [5.41, 5.74) is 11.6. The van der Waals surface area contributed by atoms with E-state index in [1.807, 2.05) is 0 Å². The van der Waals surface area contributed by atoms with Crippen LogP contribution in [0.2, 0.25) is 0 Å². The van der Waals surface area contributed by atoms with E-state index in [-0.39, 0.29) is 0 Å². The molecule has 0 N–H and O–H groups in total. The highest BCUT2D eigenvalue weighted by molar-refractivity contribution is 6.10. The number of anilines is 3. The minimum Gasteiger partial charge on any atom is -0.310 e. The van der Waals surface area contributed by atoms with Gasteiger partial charge in [-0.05, 0) is 76.0 Å². The molecule has 2 nitrogen and oxygen atoms in total. The van der Waals surface area contributed by atoms with E-state index >= 15 is 0 Å². The van der Waals surface area contributed by atoms with Crippen molar-refractivity contribution in [3.05, 3.63) is 194 Å². The van der Waals surface area contributed by atoms with E-state index in [0.717, 1.165) is 22.7 Å². The van der Waals surface area contributed by atoms with Crippen molar-refractivity contribution in [1.82, 2.24) is 4.57 Å². The molecule has 0 radical (unpaired) electrons. The van der Waals surface area contributed by atoms with E-state index in [9.17, 15) is 0 Å². The molecule has 0 fully saturated rings. The Kier molecular flexibility index (Phi) is 6.84. The van der Waals surface area contributed by atoms with Crippen molar-refractivity contribution < 1.29 is 0 Å². The molecule has 0 spiro atoms. The van der Waals surface area contributed by atoms with E-state index in [1.165, 1.54) is 54.8 Å². The molecule has 48 heavy (non-hydrogen) atoms. The van der Waals surface area contributed by atoms with Crippen molar-refractivity contribution in [1.29, 1.82) is 0 Å². The summed E-state index contributed by atoms with van der Waals surface area (Å²) < 4.78 is 2.39. The predicted molar refractivity (Wildman–Crippen MR) is 204 cm³/mol. The lowest BCUT2D eigenvalue weighted by atomic mass is 9.97. The number of hydrogen-bond acceptors (Lipinski definition) is 1. The molecule has 0 saturated carbocycles. The van der Waals surface area contributed by atoms with Gasteiger partial charge in [0, 0.05) is 33.4 Å². The van der Waals surface area contributed by atoms with Crippen LogP contribution >= 0.6 is 0 Å². The fraction of sp³-hybridized carbons (Fsp3) is 0. The van der Waals surface area contributed by atoms with Crippen molar-refractivity contribution in [2.24, 2.45) is 0 Å². The smallest absolute Gasteiger partial charge is 0.0561 e. The number of nitrogens with zero attached hydrogens (tertiary/aromatic N) is 2. The molecule has 8 aromatic carbocycles. The molecule has 0 aliphatic carbocycles. The van der Waals surface area contributed by atoms with Crippen molar-refractivity contribution in [2.45, 2.75) is 0 Å². The van der Waals surface area contributed by atoms with Gasteiger partial charge in [-0.1, -0.05) is 146 Å². The van der Waals surface area contributed by atoms with Crippen LogP contribution in [0.3, 0.4) is 0 Å². The van der Waals surface area contributed by atoms with Crippen LogP contribution in [-0.4, -0.2) is 4.57 Å². The highest BCUT2D eigenvalue weighted by Crippen LogP contribution is 2.44. The Morgan fingerprint density at radius 3 is 1.83 bits per heavy atom. The van der Waals surface area contributed by atoms with Gasteiger partial charge in [-0.3, -0.25) is 0 Å². The summed E-state index contributed by atoms with van der Waals surface area (Å²) in [7, 11) is 0. The monoisotopic (exact) mass is 612 g/mol. The van der Waals surface area contributed by atoms with Crippen LogP contribution in [0.15, 0.2) is 194 Å². The van der Waals surface area contributed by atoms with Gasteiger partial charge in [-0.15, -0.1) is 0 Å². The third kappa shape index (κ3) is 4.74. The Balaban J connectivity index is 1.31. The first-order chi connectivity index (χ1) is 23.8. The summed E-state index contributed by atoms with van der Waals surface area (Å²) in [5, 5.41) is 4.98. The summed E-state index contributed by atoms with van der Waals surface area (Å²) >= 11 is 0. The topological polar surface area (TPSA) is 8.17 Å². The molecular formula is C46H32N2. The third-order valence-electron chi connectivity index (χ3n) is 9.36. The number of aromatic nitrogens is 1. The maximum atomic E-state index is 2.42. The van der Waals surface area contributed by atoms with E-state index < -0.39 is 0 Å². The molecule has 0 unspecified atom stereocenters. The van der Waals surface area contributed by atoms with Crippen LogP contribution in [0.4, 0.5) is 17.1 Å². The van der Waals surface area contributed by atoms with Gasteiger partial charge in [0.25, 0.3) is 0 Å². The quantitative estimate of drug-likeness (QED) is 0.181. The maximum Gasteiger partial charge on any atom is 0.0561 e. The number of benzene rings is 8. The second-order valence-electron chi connectivity index (χ2n) is 12.2. The highest BCUT2D eigenvalue weighted by atomic mass is 15.1. The summed E-state index contributed by atoms with van der Waals surface area (Å²) in [6.45, 7) is 0. The molecule has 1 aromatic heterocycles. The van der Waals surface area contributed by atoms with Crippen molar-refractivity contribution in [3.63, 3.8) is 0 Å². The lowest BCUT2D eigenvalue weighted by Gasteiger charge is -2.28. The zero-order valence-corrected chi connectivity index (χ0v) is 26.4. The Hall–Kier alpha value is -6.38. The average molecular weight is 613 g/mol. The van der Waals surface area contributed by atoms with Gasteiger partial charge < -0.3 is 9.47 Å². The lowest BCUT2D eigenvalue weighted by molar-refractivity contribution is 1.18. The molecule has 0 bridgehead atoms. The molecule has 0 aliphatic rings. The highest BCUT2D eigenvalue weighted by Gasteiger charge is 2.20. The summed E-state index contributed by atoms with van der Waals surface area (Å²) in [6.07, 6.45) is 0. The number of hydrogen-bond donors (Lipinski definition) is 0. The van der Waals surface area contributed by atoms with E-state index in [4.69, 9.17) is 0 Å². The Bertz CT molecular complexity index is 2560. The van der Waals surface area contributed by atoms with Crippen LogP contribution < -0.4 is 4.90 Å². The molecule has 0 saturated heterocycles. The van der Waals surface area contributed by atoms with Crippen LogP contribution in [-0.2, 0) is 0 Å². The van der Waals surface area contributed by atoms with Crippen molar-refractivity contribution in [3.8, 4) is 27.9 Å². The second-order valence-corrected chi connectivity index (χ2v) is 12.2.